The largest absolute Gasteiger partial charge is 0.481 e. The van der Waals surface area contributed by atoms with Gasteiger partial charge in [-0.05, 0) is 56.2 Å². The van der Waals surface area contributed by atoms with Crippen molar-refractivity contribution in [2.24, 2.45) is 0 Å². The van der Waals surface area contributed by atoms with E-state index < -0.39 is 11.9 Å². The predicted octanol–water partition coefficient (Wildman–Crippen LogP) is 3.85. The predicted molar refractivity (Wildman–Crippen MR) is 81.0 cm³/mol. The van der Waals surface area contributed by atoms with E-state index in [0.717, 1.165) is 11.1 Å². The molecular weight excluding hydrogens is 269 g/mol. The molecule has 2 aromatic rings. The molecule has 21 heavy (non-hydrogen) atoms. The van der Waals surface area contributed by atoms with Crippen LogP contribution in [-0.2, 0) is 4.79 Å². The molecule has 2 rings (SSSR count). The highest BCUT2D eigenvalue weighted by Gasteiger charge is 2.16. The summed E-state index contributed by atoms with van der Waals surface area (Å²) in [4.78, 5) is 12.1. The van der Waals surface area contributed by atoms with Crippen LogP contribution in [0.15, 0.2) is 42.5 Å². The van der Waals surface area contributed by atoms with E-state index >= 15 is 0 Å². The average Bonchev–Trinajstić information content (AvgIpc) is 2.43. The maximum absolute atomic E-state index is 13.6. The van der Waals surface area contributed by atoms with Crippen LogP contribution in [0.3, 0.4) is 0 Å². The summed E-state index contributed by atoms with van der Waals surface area (Å²) in [5.41, 5.74) is 2.09. The zero-order valence-electron chi connectivity index (χ0n) is 12.3. The summed E-state index contributed by atoms with van der Waals surface area (Å²) < 4.78 is 19.2. The summed E-state index contributed by atoms with van der Waals surface area (Å²) in [6.45, 7) is 5.41. The topological polar surface area (TPSA) is 38.3 Å². The lowest BCUT2D eigenvalue weighted by Crippen LogP contribution is -2.30. The SMILES string of the molecule is Cc1cccc(OC(C)C(=O)Nc2cc(C)ccc2F)c1. The van der Waals surface area contributed by atoms with Crippen LogP contribution < -0.4 is 10.1 Å². The maximum Gasteiger partial charge on any atom is 0.265 e. The lowest BCUT2D eigenvalue weighted by Gasteiger charge is -2.15. The lowest BCUT2D eigenvalue weighted by molar-refractivity contribution is -0.122. The van der Waals surface area contributed by atoms with E-state index in [1.807, 2.05) is 32.0 Å². The Morgan fingerprint density at radius 2 is 1.86 bits per heavy atom. The van der Waals surface area contributed by atoms with Crippen LogP contribution >= 0.6 is 0 Å². The summed E-state index contributed by atoms with van der Waals surface area (Å²) >= 11 is 0. The molecule has 0 radical (unpaired) electrons. The molecule has 4 heteroatoms. The molecule has 0 fully saturated rings. The van der Waals surface area contributed by atoms with Gasteiger partial charge in [0.2, 0.25) is 0 Å². The van der Waals surface area contributed by atoms with Crippen molar-refractivity contribution in [1.29, 1.82) is 0 Å². The molecule has 0 saturated heterocycles. The van der Waals surface area contributed by atoms with Gasteiger partial charge < -0.3 is 10.1 Å². The molecule has 0 bridgehead atoms. The summed E-state index contributed by atoms with van der Waals surface area (Å²) in [7, 11) is 0. The van der Waals surface area contributed by atoms with E-state index in [1.165, 1.54) is 6.07 Å². The van der Waals surface area contributed by atoms with Crippen LogP contribution in [0.25, 0.3) is 0 Å². The third-order valence-electron chi connectivity index (χ3n) is 3.05. The number of carbonyl (C=O) groups is 1. The summed E-state index contributed by atoms with van der Waals surface area (Å²) in [5.74, 6) is -0.236. The fourth-order valence-electron chi connectivity index (χ4n) is 1.92. The molecule has 0 aliphatic heterocycles. The molecule has 1 N–H and O–H groups in total. The van der Waals surface area contributed by atoms with Gasteiger partial charge in [0.25, 0.3) is 5.91 Å². The van der Waals surface area contributed by atoms with Crippen molar-refractivity contribution in [2.45, 2.75) is 26.9 Å². The molecule has 2 aromatic carbocycles. The Labute approximate surface area is 123 Å². The summed E-state index contributed by atoms with van der Waals surface area (Å²) in [5, 5.41) is 2.55. The van der Waals surface area contributed by atoms with Gasteiger partial charge in [-0.2, -0.15) is 0 Å². The number of nitrogens with one attached hydrogen (secondary N) is 1. The van der Waals surface area contributed by atoms with E-state index in [-0.39, 0.29) is 11.6 Å². The first-order chi connectivity index (χ1) is 9.95. The number of ether oxygens (including phenoxy) is 1. The average molecular weight is 287 g/mol. The molecule has 1 unspecified atom stereocenters. The molecule has 0 heterocycles. The highest BCUT2D eigenvalue weighted by atomic mass is 19.1. The van der Waals surface area contributed by atoms with Gasteiger partial charge in [-0.15, -0.1) is 0 Å². The number of amides is 1. The first-order valence-corrected chi connectivity index (χ1v) is 6.76. The Bertz CT molecular complexity index is 655. The van der Waals surface area contributed by atoms with Crippen molar-refractivity contribution < 1.29 is 13.9 Å². The van der Waals surface area contributed by atoms with Gasteiger partial charge >= 0.3 is 0 Å². The third-order valence-corrected chi connectivity index (χ3v) is 3.05. The second-order valence-corrected chi connectivity index (χ2v) is 5.05. The molecule has 0 spiro atoms. The second kappa shape index (κ2) is 6.39. The minimum Gasteiger partial charge on any atom is -0.481 e. The maximum atomic E-state index is 13.6. The van der Waals surface area contributed by atoms with Gasteiger partial charge in [-0.3, -0.25) is 4.79 Å². The number of benzene rings is 2. The van der Waals surface area contributed by atoms with Gasteiger partial charge in [-0.1, -0.05) is 18.2 Å². The van der Waals surface area contributed by atoms with Crippen molar-refractivity contribution in [3.05, 3.63) is 59.4 Å². The standard InChI is InChI=1S/C17H18FNO2/c1-11-5-4-6-14(9-11)21-13(3)17(20)19-16-10-12(2)7-8-15(16)18/h4-10,13H,1-3H3,(H,19,20). The molecule has 0 aromatic heterocycles. The molecule has 0 aliphatic rings. The van der Waals surface area contributed by atoms with E-state index in [1.54, 1.807) is 25.1 Å². The van der Waals surface area contributed by atoms with E-state index in [2.05, 4.69) is 5.32 Å². The molecule has 1 amide bonds. The number of hydrogen-bond donors (Lipinski definition) is 1. The first kappa shape index (κ1) is 15.0. The van der Waals surface area contributed by atoms with Crippen molar-refractivity contribution in [1.82, 2.24) is 0 Å². The number of aryl methyl sites for hydroxylation is 2. The van der Waals surface area contributed by atoms with E-state index in [0.29, 0.717) is 5.75 Å². The molecule has 1 atom stereocenters. The zero-order chi connectivity index (χ0) is 15.4. The number of halogens is 1. The number of rotatable bonds is 4. The van der Waals surface area contributed by atoms with E-state index in [9.17, 15) is 9.18 Å². The third kappa shape index (κ3) is 4.05. The Morgan fingerprint density at radius 1 is 1.14 bits per heavy atom. The fraction of sp³-hybridized carbons (Fsp3) is 0.235. The summed E-state index contributed by atoms with van der Waals surface area (Å²) in [6.07, 6.45) is -0.716. The van der Waals surface area contributed by atoms with Crippen LogP contribution in [0.4, 0.5) is 10.1 Å². The van der Waals surface area contributed by atoms with Crippen molar-refractivity contribution in [3.8, 4) is 5.75 Å². The quantitative estimate of drug-likeness (QED) is 0.927. The minimum atomic E-state index is -0.716. The van der Waals surface area contributed by atoms with Gasteiger partial charge in [0.1, 0.15) is 11.6 Å². The van der Waals surface area contributed by atoms with Crippen molar-refractivity contribution in [3.63, 3.8) is 0 Å². The second-order valence-electron chi connectivity index (χ2n) is 5.05. The van der Waals surface area contributed by atoms with Crippen molar-refractivity contribution in [2.75, 3.05) is 5.32 Å². The molecular formula is C17H18FNO2. The highest BCUT2D eigenvalue weighted by molar-refractivity contribution is 5.94. The van der Waals surface area contributed by atoms with Crippen LogP contribution in [0.5, 0.6) is 5.75 Å². The van der Waals surface area contributed by atoms with E-state index in [4.69, 9.17) is 4.74 Å². The highest BCUT2D eigenvalue weighted by Crippen LogP contribution is 2.18. The Kier molecular flexibility index (Phi) is 4.58. The van der Waals surface area contributed by atoms with Crippen LogP contribution in [0.1, 0.15) is 18.1 Å². The number of hydrogen-bond acceptors (Lipinski definition) is 2. The van der Waals surface area contributed by atoms with Gasteiger partial charge in [0.15, 0.2) is 6.10 Å². The Morgan fingerprint density at radius 3 is 2.57 bits per heavy atom. The normalized spacial score (nSPS) is 11.8. The smallest absolute Gasteiger partial charge is 0.265 e. The molecule has 3 nitrogen and oxygen atoms in total. The van der Waals surface area contributed by atoms with Gasteiger partial charge in [0, 0.05) is 0 Å². The Balaban J connectivity index is 2.04. The monoisotopic (exact) mass is 287 g/mol. The van der Waals surface area contributed by atoms with Crippen LogP contribution in [0, 0.1) is 19.7 Å². The van der Waals surface area contributed by atoms with Gasteiger partial charge in [0.05, 0.1) is 5.69 Å². The number of carbonyl (C=O) groups excluding carboxylic acids is 1. The number of anilines is 1. The Hall–Kier alpha value is -2.36. The minimum absolute atomic E-state index is 0.166. The zero-order valence-corrected chi connectivity index (χ0v) is 12.3. The van der Waals surface area contributed by atoms with Crippen molar-refractivity contribution >= 4 is 11.6 Å². The fourth-order valence-corrected chi connectivity index (χ4v) is 1.92. The first-order valence-electron chi connectivity index (χ1n) is 6.76. The summed E-state index contributed by atoms with van der Waals surface area (Å²) in [6, 6.07) is 12.0. The van der Waals surface area contributed by atoms with Crippen LogP contribution in [-0.4, -0.2) is 12.0 Å². The molecule has 0 aliphatic carbocycles. The molecule has 0 saturated carbocycles. The van der Waals surface area contributed by atoms with Crippen LogP contribution in [0.2, 0.25) is 0 Å². The molecule has 110 valence electrons. The lowest BCUT2D eigenvalue weighted by atomic mass is 10.2. The van der Waals surface area contributed by atoms with Gasteiger partial charge in [-0.25, -0.2) is 4.39 Å².